The first-order valence-corrected chi connectivity index (χ1v) is 8.49. The average molecular weight is 333 g/mol. The zero-order valence-electron chi connectivity index (χ0n) is 12.9. The van der Waals surface area contributed by atoms with Gasteiger partial charge in [0.1, 0.15) is 0 Å². The fourth-order valence-electron chi connectivity index (χ4n) is 2.23. The van der Waals surface area contributed by atoms with Crippen LogP contribution in [0.3, 0.4) is 0 Å². The maximum absolute atomic E-state index is 12.0. The largest absolute Gasteiger partial charge is 0.380 e. The monoisotopic (exact) mass is 333 g/mol. The molecule has 7 nitrogen and oxygen atoms in total. The number of carbonyl (C=O) groups excluding carboxylic acids is 1. The standard InChI is InChI=1S/C15H19N5O2S/c1-22-9-12-5-3-2-4-11(12)8-16-14(21)10-23-15-17-18-19-20(15)13-6-7-13/h2-5,13H,6-10H2,1H3,(H,16,21). The zero-order chi connectivity index (χ0) is 16.1. The fourth-order valence-corrected chi connectivity index (χ4v) is 3.00. The molecular formula is C15H19N5O2S. The van der Waals surface area contributed by atoms with E-state index < -0.39 is 0 Å². The highest BCUT2D eigenvalue weighted by Gasteiger charge is 2.28. The number of hydrogen-bond acceptors (Lipinski definition) is 6. The van der Waals surface area contributed by atoms with Crippen molar-refractivity contribution in [3.8, 4) is 0 Å². The number of nitrogens with one attached hydrogen (secondary N) is 1. The number of thioether (sulfide) groups is 1. The quantitative estimate of drug-likeness (QED) is 0.738. The molecule has 0 saturated heterocycles. The van der Waals surface area contributed by atoms with Crippen LogP contribution < -0.4 is 5.32 Å². The lowest BCUT2D eigenvalue weighted by Gasteiger charge is -2.10. The fraction of sp³-hybridized carbons (Fsp3) is 0.467. The van der Waals surface area contributed by atoms with E-state index >= 15 is 0 Å². The number of methoxy groups -OCH3 is 1. The molecule has 1 aromatic heterocycles. The Kier molecular flexibility index (Phi) is 5.24. The summed E-state index contributed by atoms with van der Waals surface area (Å²) in [4.78, 5) is 12.0. The summed E-state index contributed by atoms with van der Waals surface area (Å²) in [5, 5.41) is 15.3. The van der Waals surface area contributed by atoms with Crippen LogP contribution in [0.25, 0.3) is 0 Å². The van der Waals surface area contributed by atoms with Crippen LogP contribution >= 0.6 is 11.8 Å². The molecule has 1 saturated carbocycles. The molecule has 0 atom stereocenters. The van der Waals surface area contributed by atoms with Crippen LogP contribution in [0.5, 0.6) is 0 Å². The van der Waals surface area contributed by atoms with Crippen molar-refractivity contribution in [1.29, 1.82) is 0 Å². The van der Waals surface area contributed by atoms with E-state index in [-0.39, 0.29) is 5.91 Å². The number of tetrazole rings is 1. The van der Waals surface area contributed by atoms with Crippen molar-refractivity contribution in [3.63, 3.8) is 0 Å². The molecule has 1 aliphatic rings. The molecule has 1 fully saturated rings. The molecule has 1 aliphatic carbocycles. The molecule has 1 aromatic carbocycles. The van der Waals surface area contributed by atoms with E-state index in [1.807, 2.05) is 28.9 Å². The Bertz CT molecular complexity index is 671. The summed E-state index contributed by atoms with van der Waals surface area (Å²) < 4.78 is 6.98. The molecule has 0 spiro atoms. The van der Waals surface area contributed by atoms with Crippen molar-refractivity contribution in [3.05, 3.63) is 35.4 Å². The Morgan fingerprint density at radius 3 is 2.91 bits per heavy atom. The van der Waals surface area contributed by atoms with Crippen LogP contribution in [-0.2, 0) is 22.7 Å². The van der Waals surface area contributed by atoms with Gasteiger partial charge in [0.05, 0.1) is 18.4 Å². The van der Waals surface area contributed by atoms with E-state index in [9.17, 15) is 4.79 Å². The third kappa shape index (κ3) is 4.29. The highest BCUT2D eigenvalue weighted by molar-refractivity contribution is 7.99. The summed E-state index contributed by atoms with van der Waals surface area (Å²) in [6, 6.07) is 8.34. The second-order valence-electron chi connectivity index (χ2n) is 5.40. The number of hydrogen-bond donors (Lipinski definition) is 1. The number of benzene rings is 1. The number of ether oxygens (including phenoxy) is 1. The first kappa shape index (κ1) is 15.9. The summed E-state index contributed by atoms with van der Waals surface area (Å²) in [7, 11) is 1.66. The average Bonchev–Trinajstić information content (AvgIpc) is 3.30. The van der Waals surface area contributed by atoms with E-state index in [1.165, 1.54) is 11.8 Å². The van der Waals surface area contributed by atoms with Crippen molar-refractivity contribution in [2.24, 2.45) is 0 Å². The Morgan fingerprint density at radius 1 is 1.39 bits per heavy atom. The molecule has 0 bridgehead atoms. The number of amides is 1. The van der Waals surface area contributed by atoms with Crippen LogP contribution in [0.2, 0.25) is 0 Å². The predicted molar refractivity (Wildman–Crippen MR) is 85.8 cm³/mol. The van der Waals surface area contributed by atoms with Crippen molar-refractivity contribution in [1.82, 2.24) is 25.5 Å². The van der Waals surface area contributed by atoms with Crippen LogP contribution in [-0.4, -0.2) is 39.0 Å². The number of rotatable bonds is 8. The molecule has 2 aromatic rings. The minimum Gasteiger partial charge on any atom is -0.380 e. The van der Waals surface area contributed by atoms with Gasteiger partial charge in [-0.1, -0.05) is 36.0 Å². The predicted octanol–water partition coefficient (Wildman–Crippen LogP) is 1.56. The molecule has 23 heavy (non-hydrogen) atoms. The lowest BCUT2D eigenvalue weighted by Crippen LogP contribution is -2.25. The van der Waals surface area contributed by atoms with Crippen LogP contribution in [0.1, 0.15) is 30.0 Å². The van der Waals surface area contributed by atoms with E-state index in [4.69, 9.17) is 4.74 Å². The second-order valence-corrected chi connectivity index (χ2v) is 6.35. The number of aromatic nitrogens is 4. The van der Waals surface area contributed by atoms with Gasteiger partial charge in [-0.15, -0.1) is 5.10 Å². The Balaban J connectivity index is 1.49. The smallest absolute Gasteiger partial charge is 0.230 e. The molecule has 3 rings (SSSR count). The molecule has 8 heteroatoms. The van der Waals surface area contributed by atoms with Crippen molar-refractivity contribution >= 4 is 17.7 Å². The molecule has 0 aliphatic heterocycles. The third-order valence-corrected chi connectivity index (χ3v) is 4.52. The highest BCUT2D eigenvalue weighted by atomic mass is 32.2. The maximum atomic E-state index is 12.0. The van der Waals surface area contributed by atoms with Gasteiger partial charge in [-0.25, -0.2) is 4.68 Å². The maximum Gasteiger partial charge on any atom is 0.230 e. The topological polar surface area (TPSA) is 81.9 Å². The van der Waals surface area contributed by atoms with Crippen molar-refractivity contribution in [2.75, 3.05) is 12.9 Å². The minimum atomic E-state index is -0.0347. The normalized spacial score (nSPS) is 14.0. The van der Waals surface area contributed by atoms with Gasteiger partial charge < -0.3 is 10.1 Å². The van der Waals surface area contributed by atoms with E-state index in [0.29, 0.717) is 30.1 Å². The van der Waals surface area contributed by atoms with Gasteiger partial charge in [-0.2, -0.15) is 0 Å². The van der Waals surface area contributed by atoms with Gasteiger partial charge in [0, 0.05) is 13.7 Å². The van der Waals surface area contributed by atoms with Crippen molar-refractivity contribution in [2.45, 2.75) is 37.2 Å². The van der Waals surface area contributed by atoms with Crippen LogP contribution in [0.15, 0.2) is 29.4 Å². The molecule has 0 radical (unpaired) electrons. The van der Waals surface area contributed by atoms with Gasteiger partial charge >= 0.3 is 0 Å². The first-order valence-electron chi connectivity index (χ1n) is 7.51. The molecule has 0 unspecified atom stereocenters. The van der Waals surface area contributed by atoms with E-state index in [1.54, 1.807) is 7.11 Å². The van der Waals surface area contributed by atoms with Gasteiger partial charge in [0.25, 0.3) is 0 Å². The molecular weight excluding hydrogens is 314 g/mol. The summed E-state index contributed by atoms with van der Waals surface area (Å²) in [5.74, 6) is 0.270. The highest BCUT2D eigenvalue weighted by Crippen LogP contribution is 2.36. The third-order valence-electron chi connectivity index (χ3n) is 3.58. The SMILES string of the molecule is COCc1ccccc1CNC(=O)CSc1nnnn1C1CC1. The molecule has 122 valence electrons. The van der Waals surface area contributed by atoms with Gasteiger partial charge in [-0.05, 0) is 34.4 Å². The van der Waals surface area contributed by atoms with Gasteiger partial charge in [0.2, 0.25) is 11.1 Å². The lowest BCUT2D eigenvalue weighted by molar-refractivity contribution is -0.118. The van der Waals surface area contributed by atoms with E-state index in [0.717, 1.165) is 24.0 Å². The molecule has 1 amide bonds. The number of carbonyl (C=O) groups is 1. The summed E-state index contributed by atoms with van der Waals surface area (Å²) in [6.07, 6.45) is 2.22. The summed E-state index contributed by atoms with van der Waals surface area (Å²) in [6.45, 7) is 1.03. The zero-order valence-corrected chi connectivity index (χ0v) is 13.8. The minimum absolute atomic E-state index is 0.0347. The van der Waals surface area contributed by atoms with E-state index in [2.05, 4.69) is 20.8 Å². The molecule has 1 N–H and O–H groups in total. The van der Waals surface area contributed by atoms with Crippen LogP contribution in [0.4, 0.5) is 0 Å². The summed E-state index contributed by atoms with van der Waals surface area (Å²) in [5.41, 5.74) is 2.15. The first-order chi connectivity index (χ1) is 11.3. The Hall–Kier alpha value is -1.93. The van der Waals surface area contributed by atoms with Gasteiger partial charge in [-0.3, -0.25) is 4.79 Å². The summed E-state index contributed by atoms with van der Waals surface area (Å²) >= 11 is 1.37. The molecule has 1 heterocycles. The Labute approximate surface area is 138 Å². The van der Waals surface area contributed by atoms with Crippen molar-refractivity contribution < 1.29 is 9.53 Å². The van der Waals surface area contributed by atoms with Crippen LogP contribution in [0, 0.1) is 0 Å². The van der Waals surface area contributed by atoms with Gasteiger partial charge in [0.15, 0.2) is 0 Å². The second kappa shape index (κ2) is 7.56. The lowest BCUT2D eigenvalue weighted by atomic mass is 10.1. The number of nitrogens with zero attached hydrogens (tertiary/aromatic N) is 4. The Morgan fingerprint density at radius 2 is 2.17 bits per heavy atom.